The maximum atomic E-state index is 12.8. The molecular weight excluding hydrogens is 461 g/mol. The summed E-state index contributed by atoms with van der Waals surface area (Å²) in [6.07, 6.45) is 0.373. The van der Waals surface area contributed by atoms with Crippen molar-refractivity contribution in [1.29, 1.82) is 0 Å². The van der Waals surface area contributed by atoms with Crippen molar-refractivity contribution in [2.24, 2.45) is 5.92 Å². The first-order chi connectivity index (χ1) is 16.6. The molecule has 182 valence electrons. The fourth-order valence-corrected chi connectivity index (χ4v) is 3.59. The number of allylic oxidation sites excluding steroid dienone is 1. The number of halogens is 3. The molecule has 35 heavy (non-hydrogen) atoms. The molecule has 0 heterocycles. The van der Waals surface area contributed by atoms with Gasteiger partial charge in [-0.15, -0.1) is 13.2 Å². The number of benzene rings is 3. The first kappa shape index (κ1) is 25.6. The van der Waals surface area contributed by atoms with Crippen molar-refractivity contribution >= 4 is 18.0 Å². The van der Waals surface area contributed by atoms with Crippen molar-refractivity contribution in [3.05, 3.63) is 107 Å². The van der Waals surface area contributed by atoms with E-state index in [0.29, 0.717) is 19.3 Å². The largest absolute Gasteiger partial charge is 0.573 e. The smallest absolute Gasteiger partial charge is 0.478 e. The van der Waals surface area contributed by atoms with E-state index in [0.717, 1.165) is 11.1 Å². The number of carbonyl (C=O) groups is 2. The number of para-hydroxylation sites is 1. The third kappa shape index (κ3) is 8.03. The monoisotopic (exact) mass is 484 g/mol. The van der Waals surface area contributed by atoms with E-state index in [9.17, 15) is 22.8 Å². The Morgan fingerprint density at radius 2 is 1.37 bits per heavy atom. The molecule has 0 bridgehead atoms. The van der Waals surface area contributed by atoms with E-state index < -0.39 is 18.3 Å². The maximum absolute atomic E-state index is 12.8. The quantitative estimate of drug-likeness (QED) is 0.344. The Bertz CT molecular complexity index is 1180. The highest BCUT2D eigenvalue weighted by molar-refractivity contribution is 5.88. The van der Waals surface area contributed by atoms with Crippen LogP contribution < -0.4 is 4.74 Å². The predicted octanol–water partition coefficient (Wildman–Crippen LogP) is 6.49. The summed E-state index contributed by atoms with van der Waals surface area (Å²) in [6.45, 7) is 0. The van der Waals surface area contributed by atoms with E-state index in [2.05, 4.69) is 4.74 Å². The lowest BCUT2D eigenvalue weighted by Gasteiger charge is -2.15. The standard InChI is InChI=1S/C27H23F3O5/c28-27(29,30)35-24-4-2-1-3-21(24)12-9-19(17-20-10-15-23(16-11-20)26(33)34)6-5-18-7-13-22(14-8-18)25(31)32/h1-4,7-16,19H,5-6,17H2,(H,31,32)(H,33,34). The van der Waals surface area contributed by atoms with Crippen LogP contribution in [0.4, 0.5) is 13.2 Å². The van der Waals surface area contributed by atoms with Crippen LogP contribution in [0, 0.1) is 5.92 Å². The van der Waals surface area contributed by atoms with E-state index in [1.165, 1.54) is 42.5 Å². The molecule has 0 fully saturated rings. The van der Waals surface area contributed by atoms with Gasteiger partial charge in [-0.1, -0.05) is 54.6 Å². The van der Waals surface area contributed by atoms with Gasteiger partial charge >= 0.3 is 18.3 Å². The molecular formula is C27H23F3O5. The summed E-state index contributed by atoms with van der Waals surface area (Å²) >= 11 is 0. The van der Waals surface area contributed by atoms with Gasteiger partial charge in [0.05, 0.1) is 11.1 Å². The Kier molecular flexibility index (Phi) is 8.30. The minimum Gasteiger partial charge on any atom is -0.478 e. The normalized spacial score (nSPS) is 12.4. The molecule has 3 aromatic carbocycles. The molecule has 8 heteroatoms. The number of alkyl halides is 3. The third-order valence-corrected chi connectivity index (χ3v) is 5.40. The summed E-state index contributed by atoms with van der Waals surface area (Å²) in [5.74, 6) is -2.44. The van der Waals surface area contributed by atoms with E-state index in [-0.39, 0.29) is 28.4 Å². The molecule has 2 N–H and O–H groups in total. The molecule has 0 spiro atoms. The van der Waals surface area contributed by atoms with Crippen molar-refractivity contribution in [3.8, 4) is 5.75 Å². The van der Waals surface area contributed by atoms with Gasteiger partial charge in [-0.2, -0.15) is 0 Å². The molecule has 0 saturated carbocycles. The highest BCUT2D eigenvalue weighted by atomic mass is 19.4. The minimum absolute atomic E-state index is 0.0937. The Balaban J connectivity index is 1.80. The van der Waals surface area contributed by atoms with E-state index in [1.807, 2.05) is 6.08 Å². The lowest BCUT2D eigenvalue weighted by atomic mass is 9.91. The van der Waals surface area contributed by atoms with E-state index in [1.54, 1.807) is 36.4 Å². The molecule has 1 unspecified atom stereocenters. The second-order valence-electron chi connectivity index (χ2n) is 7.95. The second-order valence-corrected chi connectivity index (χ2v) is 7.95. The lowest BCUT2D eigenvalue weighted by molar-refractivity contribution is -0.274. The molecule has 0 aliphatic carbocycles. The fourth-order valence-electron chi connectivity index (χ4n) is 3.59. The molecule has 0 saturated heterocycles. The Hall–Kier alpha value is -4.07. The fraction of sp³-hybridized carbons (Fsp3) is 0.185. The van der Waals surface area contributed by atoms with E-state index in [4.69, 9.17) is 10.2 Å². The zero-order valence-corrected chi connectivity index (χ0v) is 18.5. The number of carboxylic acid groups (broad SMARTS) is 2. The second kappa shape index (κ2) is 11.4. The number of carboxylic acids is 2. The number of ether oxygens (including phenoxy) is 1. The van der Waals surface area contributed by atoms with Crippen LogP contribution in [0.5, 0.6) is 5.75 Å². The van der Waals surface area contributed by atoms with Crippen LogP contribution in [0.2, 0.25) is 0 Å². The lowest BCUT2D eigenvalue weighted by Crippen LogP contribution is -2.17. The van der Waals surface area contributed by atoms with Crippen LogP contribution in [0.1, 0.15) is 43.8 Å². The first-order valence-electron chi connectivity index (χ1n) is 10.8. The Labute approximate surface area is 200 Å². The summed E-state index contributed by atoms with van der Waals surface area (Å²) in [5, 5.41) is 18.2. The van der Waals surface area contributed by atoms with Gasteiger partial charge in [0, 0.05) is 5.56 Å². The zero-order chi connectivity index (χ0) is 25.4. The van der Waals surface area contributed by atoms with Gasteiger partial charge in [0.25, 0.3) is 0 Å². The van der Waals surface area contributed by atoms with Crippen LogP contribution in [0.15, 0.2) is 78.9 Å². The number of rotatable bonds is 10. The first-order valence-corrected chi connectivity index (χ1v) is 10.8. The van der Waals surface area contributed by atoms with Crippen LogP contribution >= 0.6 is 0 Å². The van der Waals surface area contributed by atoms with Gasteiger partial charge < -0.3 is 14.9 Å². The van der Waals surface area contributed by atoms with Gasteiger partial charge in [0.1, 0.15) is 5.75 Å². The van der Waals surface area contributed by atoms with E-state index >= 15 is 0 Å². The molecule has 3 aromatic rings. The molecule has 0 aromatic heterocycles. The van der Waals surface area contributed by atoms with Crippen molar-refractivity contribution in [3.63, 3.8) is 0 Å². The number of aryl methyl sites for hydroxylation is 1. The minimum atomic E-state index is -4.81. The summed E-state index contributed by atoms with van der Waals surface area (Å²) in [5.41, 5.74) is 2.44. The average Bonchev–Trinajstić information content (AvgIpc) is 2.81. The predicted molar refractivity (Wildman–Crippen MR) is 124 cm³/mol. The highest BCUT2D eigenvalue weighted by Crippen LogP contribution is 2.28. The Morgan fingerprint density at radius 3 is 1.91 bits per heavy atom. The van der Waals surface area contributed by atoms with Crippen molar-refractivity contribution in [2.45, 2.75) is 25.6 Å². The van der Waals surface area contributed by atoms with Crippen molar-refractivity contribution in [1.82, 2.24) is 0 Å². The Morgan fingerprint density at radius 1 is 0.829 bits per heavy atom. The summed E-state index contributed by atoms with van der Waals surface area (Å²) in [4.78, 5) is 22.2. The molecule has 1 atom stereocenters. The summed E-state index contributed by atoms with van der Waals surface area (Å²) < 4.78 is 42.4. The van der Waals surface area contributed by atoms with Crippen LogP contribution in [0.25, 0.3) is 6.08 Å². The van der Waals surface area contributed by atoms with Gasteiger partial charge in [0.15, 0.2) is 0 Å². The van der Waals surface area contributed by atoms with Crippen molar-refractivity contribution in [2.75, 3.05) is 0 Å². The number of hydrogen-bond acceptors (Lipinski definition) is 3. The maximum Gasteiger partial charge on any atom is 0.573 e. The molecule has 0 aliphatic rings. The zero-order valence-electron chi connectivity index (χ0n) is 18.5. The molecule has 0 aliphatic heterocycles. The van der Waals surface area contributed by atoms with Crippen LogP contribution in [-0.2, 0) is 12.8 Å². The van der Waals surface area contributed by atoms with Gasteiger partial charge in [-0.3, -0.25) is 0 Å². The molecule has 3 rings (SSSR count). The van der Waals surface area contributed by atoms with Gasteiger partial charge in [0.2, 0.25) is 0 Å². The van der Waals surface area contributed by atoms with Gasteiger partial charge in [-0.25, -0.2) is 9.59 Å². The van der Waals surface area contributed by atoms with Crippen LogP contribution in [0.3, 0.4) is 0 Å². The molecule has 0 radical (unpaired) electrons. The van der Waals surface area contributed by atoms with Crippen molar-refractivity contribution < 1.29 is 37.7 Å². The SMILES string of the molecule is O=C(O)c1ccc(CCC(C=Cc2ccccc2OC(F)(F)F)Cc2ccc(C(=O)O)cc2)cc1. The summed E-state index contributed by atoms with van der Waals surface area (Å²) in [7, 11) is 0. The number of hydrogen-bond donors (Lipinski definition) is 2. The highest BCUT2D eigenvalue weighted by Gasteiger charge is 2.31. The molecule has 5 nitrogen and oxygen atoms in total. The van der Waals surface area contributed by atoms with Crippen LogP contribution in [-0.4, -0.2) is 28.5 Å². The third-order valence-electron chi connectivity index (χ3n) is 5.40. The average molecular weight is 484 g/mol. The summed E-state index contributed by atoms with van der Waals surface area (Å²) in [6, 6.07) is 18.8. The van der Waals surface area contributed by atoms with Gasteiger partial charge in [-0.05, 0) is 66.6 Å². The molecule has 0 amide bonds. The topological polar surface area (TPSA) is 83.8 Å². The number of aromatic carboxylic acids is 2.